The average molecular weight is 319 g/mol. The molecule has 0 atom stereocenters. The summed E-state index contributed by atoms with van der Waals surface area (Å²) in [6, 6.07) is 5.56. The molecule has 0 radical (unpaired) electrons. The second kappa shape index (κ2) is 7.00. The van der Waals surface area contributed by atoms with E-state index in [1.54, 1.807) is 7.11 Å². The first kappa shape index (κ1) is 17.3. The van der Waals surface area contributed by atoms with E-state index < -0.39 is 5.41 Å². The summed E-state index contributed by atoms with van der Waals surface area (Å²) in [7, 11) is 5.44. The van der Waals surface area contributed by atoms with Crippen molar-refractivity contribution in [2.24, 2.45) is 5.41 Å². The van der Waals surface area contributed by atoms with Gasteiger partial charge in [0.25, 0.3) is 0 Å². The molecule has 0 spiro atoms. The highest BCUT2D eigenvalue weighted by molar-refractivity contribution is 6.13. The van der Waals surface area contributed by atoms with Gasteiger partial charge in [-0.25, -0.2) is 0 Å². The Balaban J connectivity index is 2.02. The van der Waals surface area contributed by atoms with Crippen LogP contribution < -0.4 is 15.4 Å². The molecular formula is C17H25N3O3. The van der Waals surface area contributed by atoms with E-state index in [1.165, 1.54) is 0 Å². The number of carbonyl (C=O) groups excluding carboxylic acids is 2. The molecule has 2 amide bonds. The molecule has 1 aromatic rings. The second-order valence-corrected chi connectivity index (χ2v) is 6.30. The molecule has 2 N–H and O–H groups in total. The first-order valence-corrected chi connectivity index (χ1v) is 7.78. The lowest BCUT2D eigenvalue weighted by molar-refractivity contribution is -0.134. The lowest BCUT2D eigenvalue weighted by atomic mass is 10.0. The van der Waals surface area contributed by atoms with Crippen molar-refractivity contribution < 1.29 is 14.3 Å². The molecule has 1 aliphatic carbocycles. The van der Waals surface area contributed by atoms with Gasteiger partial charge in [-0.2, -0.15) is 0 Å². The molecule has 0 unspecified atom stereocenters. The van der Waals surface area contributed by atoms with Crippen LogP contribution in [0.4, 0.5) is 5.69 Å². The predicted octanol–water partition coefficient (Wildman–Crippen LogP) is 1.40. The van der Waals surface area contributed by atoms with Crippen LogP contribution in [0, 0.1) is 12.3 Å². The minimum atomic E-state index is -0.929. The number of carbonyl (C=O) groups is 2. The van der Waals surface area contributed by atoms with E-state index in [-0.39, 0.29) is 11.8 Å². The average Bonchev–Trinajstić information content (AvgIpc) is 3.28. The van der Waals surface area contributed by atoms with E-state index in [0.717, 1.165) is 12.1 Å². The van der Waals surface area contributed by atoms with Crippen molar-refractivity contribution in [2.45, 2.75) is 19.8 Å². The fraction of sp³-hybridized carbons (Fsp3) is 0.529. The summed E-state index contributed by atoms with van der Waals surface area (Å²) in [5, 5.41) is 5.70. The zero-order valence-corrected chi connectivity index (χ0v) is 14.2. The Morgan fingerprint density at radius 1 is 1.26 bits per heavy atom. The van der Waals surface area contributed by atoms with Gasteiger partial charge in [0.1, 0.15) is 11.2 Å². The smallest absolute Gasteiger partial charge is 0.240 e. The van der Waals surface area contributed by atoms with Gasteiger partial charge in [-0.3, -0.25) is 9.59 Å². The zero-order chi connectivity index (χ0) is 17.0. The van der Waals surface area contributed by atoms with E-state index in [2.05, 4.69) is 10.6 Å². The lowest BCUT2D eigenvalue weighted by Crippen LogP contribution is -2.42. The third-order valence-electron chi connectivity index (χ3n) is 4.07. The number of benzene rings is 1. The van der Waals surface area contributed by atoms with E-state index >= 15 is 0 Å². The summed E-state index contributed by atoms with van der Waals surface area (Å²) in [4.78, 5) is 26.9. The van der Waals surface area contributed by atoms with Gasteiger partial charge in [0.15, 0.2) is 0 Å². The van der Waals surface area contributed by atoms with Crippen LogP contribution in [0.15, 0.2) is 18.2 Å². The van der Waals surface area contributed by atoms with Gasteiger partial charge in [-0.1, -0.05) is 6.07 Å². The molecule has 126 valence electrons. The van der Waals surface area contributed by atoms with Crippen molar-refractivity contribution in [1.82, 2.24) is 10.2 Å². The number of nitrogens with zero attached hydrogens (tertiary/aromatic N) is 1. The molecule has 1 aromatic carbocycles. The molecule has 0 aromatic heterocycles. The van der Waals surface area contributed by atoms with Crippen LogP contribution in [-0.4, -0.2) is 51.0 Å². The fourth-order valence-electron chi connectivity index (χ4n) is 2.41. The molecule has 1 aliphatic rings. The number of rotatable bonds is 7. The summed E-state index contributed by atoms with van der Waals surface area (Å²) < 4.78 is 5.27. The number of likely N-dealkylation sites (N-methyl/N-ethyl adjacent to an activating group) is 1. The number of amides is 2. The maximum absolute atomic E-state index is 12.6. The lowest BCUT2D eigenvalue weighted by Gasteiger charge is -2.18. The Labute approximate surface area is 137 Å². The number of methoxy groups -OCH3 is 1. The summed E-state index contributed by atoms with van der Waals surface area (Å²) in [5.74, 6) is 0.139. The molecule has 0 heterocycles. The van der Waals surface area contributed by atoms with E-state index in [9.17, 15) is 9.59 Å². The van der Waals surface area contributed by atoms with Gasteiger partial charge in [0.2, 0.25) is 11.8 Å². The molecule has 6 heteroatoms. The molecule has 1 fully saturated rings. The molecule has 0 bridgehead atoms. The Hall–Kier alpha value is -2.08. The first-order chi connectivity index (χ1) is 10.9. The maximum atomic E-state index is 12.6. The van der Waals surface area contributed by atoms with Crippen LogP contribution in [0.3, 0.4) is 0 Å². The quantitative estimate of drug-likeness (QED) is 0.745. The molecule has 0 aliphatic heterocycles. The minimum absolute atomic E-state index is 0.191. The molecular weight excluding hydrogens is 294 g/mol. The highest BCUT2D eigenvalue weighted by Crippen LogP contribution is 2.47. The summed E-state index contributed by atoms with van der Waals surface area (Å²) in [5.41, 5.74) is 0.687. The molecule has 23 heavy (non-hydrogen) atoms. The topological polar surface area (TPSA) is 70.7 Å². The monoisotopic (exact) mass is 319 g/mol. The van der Waals surface area contributed by atoms with Crippen molar-refractivity contribution in [2.75, 3.05) is 39.6 Å². The number of ether oxygens (including phenoxy) is 1. The van der Waals surface area contributed by atoms with Crippen molar-refractivity contribution in [3.63, 3.8) is 0 Å². The Morgan fingerprint density at radius 3 is 2.52 bits per heavy atom. The van der Waals surface area contributed by atoms with Crippen molar-refractivity contribution in [3.8, 4) is 5.75 Å². The SMILES string of the molecule is COc1ccc(C)cc1NC(=O)C1(C(=O)NCCN(C)C)CC1. The second-order valence-electron chi connectivity index (χ2n) is 6.30. The highest BCUT2D eigenvalue weighted by atomic mass is 16.5. The number of anilines is 1. The minimum Gasteiger partial charge on any atom is -0.495 e. The normalized spacial score (nSPS) is 15.2. The van der Waals surface area contributed by atoms with Crippen LogP contribution in [-0.2, 0) is 9.59 Å². The van der Waals surface area contributed by atoms with Gasteiger partial charge in [0, 0.05) is 13.1 Å². The number of nitrogens with one attached hydrogen (secondary N) is 2. The summed E-state index contributed by atoms with van der Waals surface area (Å²) in [6.07, 6.45) is 1.17. The van der Waals surface area contributed by atoms with E-state index in [0.29, 0.717) is 30.8 Å². The third-order valence-corrected chi connectivity index (χ3v) is 4.07. The third kappa shape index (κ3) is 4.01. The Kier molecular flexibility index (Phi) is 5.26. The van der Waals surface area contributed by atoms with E-state index in [1.807, 2.05) is 44.1 Å². The maximum Gasteiger partial charge on any atom is 0.240 e. The fourth-order valence-corrected chi connectivity index (χ4v) is 2.41. The van der Waals surface area contributed by atoms with Gasteiger partial charge >= 0.3 is 0 Å². The molecule has 2 rings (SSSR count). The predicted molar refractivity (Wildman–Crippen MR) is 89.6 cm³/mol. The van der Waals surface area contributed by atoms with Gasteiger partial charge in [-0.05, 0) is 51.6 Å². The number of aryl methyl sites for hydroxylation is 1. The van der Waals surface area contributed by atoms with Gasteiger partial charge in [-0.15, -0.1) is 0 Å². The summed E-state index contributed by atoms with van der Waals surface area (Å²) >= 11 is 0. The van der Waals surface area contributed by atoms with Crippen LogP contribution >= 0.6 is 0 Å². The zero-order valence-electron chi connectivity index (χ0n) is 14.2. The highest BCUT2D eigenvalue weighted by Gasteiger charge is 2.56. The van der Waals surface area contributed by atoms with Crippen molar-refractivity contribution >= 4 is 17.5 Å². The molecule has 1 saturated carbocycles. The van der Waals surface area contributed by atoms with Crippen LogP contribution in [0.5, 0.6) is 5.75 Å². The van der Waals surface area contributed by atoms with Crippen LogP contribution in [0.25, 0.3) is 0 Å². The van der Waals surface area contributed by atoms with Gasteiger partial charge < -0.3 is 20.3 Å². The number of hydrogen-bond acceptors (Lipinski definition) is 4. The van der Waals surface area contributed by atoms with Crippen LogP contribution in [0.2, 0.25) is 0 Å². The molecule has 0 saturated heterocycles. The largest absolute Gasteiger partial charge is 0.495 e. The van der Waals surface area contributed by atoms with Crippen LogP contribution in [0.1, 0.15) is 18.4 Å². The standard InChI is InChI=1S/C17H25N3O3/c1-12-5-6-14(23-4)13(11-12)19-16(22)17(7-8-17)15(21)18-9-10-20(2)3/h5-6,11H,7-10H2,1-4H3,(H,18,21)(H,19,22). The first-order valence-electron chi connectivity index (χ1n) is 7.78. The summed E-state index contributed by atoms with van der Waals surface area (Å²) in [6.45, 7) is 3.22. The number of hydrogen-bond donors (Lipinski definition) is 2. The Bertz CT molecular complexity index is 595. The van der Waals surface area contributed by atoms with Crippen molar-refractivity contribution in [1.29, 1.82) is 0 Å². The van der Waals surface area contributed by atoms with Gasteiger partial charge in [0.05, 0.1) is 12.8 Å². The van der Waals surface area contributed by atoms with E-state index in [4.69, 9.17) is 4.74 Å². The Morgan fingerprint density at radius 2 is 1.96 bits per heavy atom. The molecule has 6 nitrogen and oxygen atoms in total. The van der Waals surface area contributed by atoms with Crippen molar-refractivity contribution in [3.05, 3.63) is 23.8 Å².